The molecule has 0 unspecified atom stereocenters. The molecule has 15 nitrogen and oxygen atoms in total. The van der Waals surface area contributed by atoms with Gasteiger partial charge < -0.3 is 34.8 Å². The molecule has 15 heteroatoms. The molecule has 4 rings (SSSR count). The van der Waals surface area contributed by atoms with E-state index in [0.717, 1.165) is 46.4 Å². The Morgan fingerprint density at radius 2 is 1.25 bits per heavy atom. The largest absolute Gasteiger partial charge is 0.481 e. The van der Waals surface area contributed by atoms with Gasteiger partial charge in [-0.3, -0.25) is 33.7 Å². The number of likely N-dealkylation sites (N-methyl/N-ethyl adjacent to an activating group) is 4. The zero-order valence-corrected chi connectivity index (χ0v) is 36.8. The molecule has 2 aliphatic rings. The maximum Gasteiger partial charge on any atom is 0.410 e. The van der Waals surface area contributed by atoms with E-state index in [2.05, 4.69) is 5.32 Å². The van der Waals surface area contributed by atoms with Crippen LogP contribution >= 0.6 is 0 Å². The van der Waals surface area contributed by atoms with Gasteiger partial charge in [-0.05, 0) is 73.6 Å². The number of ether oxygens (including phenoxy) is 1. The molecule has 0 radical (unpaired) electrons. The zero-order chi connectivity index (χ0) is 44.6. The summed E-state index contributed by atoms with van der Waals surface area (Å²) in [7, 11) is 5.77. The van der Waals surface area contributed by atoms with Crippen molar-refractivity contribution in [3.05, 3.63) is 59.7 Å². The first-order valence-electron chi connectivity index (χ1n) is 21.0. The van der Waals surface area contributed by atoms with Crippen molar-refractivity contribution >= 4 is 41.6 Å². The molecule has 0 bridgehead atoms. The van der Waals surface area contributed by atoms with Crippen LogP contribution in [0.15, 0.2) is 48.5 Å². The van der Waals surface area contributed by atoms with E-state index in [1.165, 1.54) is 49.8 Å². The van der Waals surface area contributed by atoms with Crippen molar-refractivity contribution in [1.82, 2.24) is 29.8 Å². The van der Waals surface area contributed by atoms with Crippen LogP contribution in [0.1, 0.15) is 90.7 Å². The van der Waals surface area contributed by atoms with E-state index >= 15 is 0 Å². The Kier molecular flexibility index (Phi) is 16.3. The fraction of sp³-hybridized carbons (Fsp3) is 0.578. The van der Waals surface area contributed by atoms with Crippen molar-refractivity contribution in [2.45, 2.75) is 110 Å². The number of carbonyl (C=O) groups is 7. The molecule has 5 atom stereocenters. The van der Waals surface area contributed by atoms with Crippen molar-refractivity contribution in [3.8, 4) is 11.1 Å². The number of nitrogens with one attached hydrogen (secondary N) is 1. The molecule has 328 valence electrons. The van der Waals surface area contributed by atoms with Crippen LogP contribution in [-0.2, 0) is 33.5 Å². The Morgan fingerprint density at radius 3 is 1.77 bits per heavy atom. The molecular weight excluding hydrogens is 769 g/mol. The van der Waals surface area contributed by atoms with Gasteiger partial charge >= 0.3 is 12.1 Å². The summed E-state index contributed by atoms with van der Waals surface area (Å²) in [5, 5.41) is 12.4. The molecule has 2 aromatic rings. The lowest BCUT2D eigenvalue weighted by Gasteiger charge is -2.39. The number of hydrogen-bond acceptors (Lipinski definition) is 8. The molecule has 60 heavy (non-hydrogen) atoms. The van der Waals surface area contributed by atoms with Gasteiger partial charge in [0, 0.05) is 47.2 Å². The van der Waals surface area contributed by atoms with Gasteiger partial charge in [0.05, 0.1) is 6.42 Å². The lowest BCUT2D eigenvalue weighted by Crippen LogP contribution is -2.60. The molecule has 1 aliphatic heterocycles. The second-order valence-electron chi connectivity index (χ2n) is 17.0. The molecule has 1 heterocycles. The molecule has 0 saturated carbocycles. The second kappa shape index (κ2) is 20.7. The lowest BCUT2D eigenvalue weighted by molar-refractivity contribution is -0.155. The summed E-state index contributed by atoms with van der Waals surface area (Å²) >= 11 is 0. The summed E-state index contributed by atoms with van der Waals surface area (Å²) in [6.07, 6.45) is 1.51. The fourth-order valence-electron chi connectivity index (χ4n) is 8.31. The fourth-order valence-corrected chi connectivity index (χ4v) is 8.31. The number of amides is 6. The van der Waals surface area contributed by atoms with Crippen LogP contribution in [0.5, 0.6) is 0 Å². The summed E-state index contributed by atoms with van der Waals surface area (Å²) < 4.78 is 5.79. The molecule has 1 aliphatic carbocycles. The summed E-state index contributed by atoms with van der Waals surface area (Å²) in [5.74, 6) is -4.62. The van der Waals surface area contributed by atoms with E-state index in [4.69, 9.17) is 4.74 Å². The van der Waals surface area contributed by atoms with E-state index in [1.807, 2.05) is 62.4 Å². The number of carboxylic acid groups (broad SMARTS) is 1. The van der Waals surface area contributed by atoms with Gasteiger partial charge in [-0.25, -0.2) is 4.79 Å². The molecular formula is C45H64N6O9. The molecule has 2 N–H and O–H groups in total. The molecule has 6 amide bonds. The number of rotatable bonds is 17. The number of carboxylic acids is 1. The third-order valence-corrected chi connectivity index (χ3v) is 11.9. The van der Waals surface area contributed by atoms with Gasteiger partial charge in [0.25, 0.3) is 0 Å². The highest BCUT2D eigenvalue weighted by Crippen LogP contribution is 2.44. The molecule has 1 fully saturated rings. The lowest BCUT2D eigenvalue weighted by atomic mass is 9.98. The van der Waals surface area contributed by atoms with E-state index in [1.54, 1.807) is 25.7 Å². The summed E-state index contributed by atoms with van der Waals surface area (Å²) in [6, 6.07) is 10.5. The van der Waals surface area contributed by atoms with Gasteiger partial charge in [-0.15, -0.1) is 0 Å². The molecule has 0 aromatic heterocycles. The topological polar surface area (TPSA) is 177 Å². The van der Waals surface area contributed by atoms with Crippen LogP contribution in [0.25, 0.3) is 11.1 Å². The summed E-state index contributed by atoms with van der Waals surface area (Å²) in [4.78, 5) is 101. The van der Waals surface area contributed by atoms with Gasteiger partial charge in [-0.2, -0.15) is 0 Å². The standard InChI is InChI=1S/C45H64N6O9/c1-27(2)24-36(48(8)42(56)30(6)47(7)45(59)60-26-35-33-20-14-12-18-31(33)32-19-13-15-21-34(32)35)40(54)46-29(5)41(55)50(10)39(28(3)4)44(58)49(9)37(25-38(52)53)43(57)51-22-16-11-17-23-51/h12-15,18-21,27-30,35-37,39H,11,16-17,22-26H2,1-10H3,(H,46,54)(H,52,53)/t29-,30-,36-,37-,39-/m0/s1. The highest BCUT2D eigenvalue weighted by molar-refractivity contribution is 5.96. The quantitative estimate of drug-likeness (QED) is 0.234. The second-order valence-corrected chi connectivity index (χ2v) is 17.0. The van der Waals surface area contributed by atoms with Crippen molar-refractivity contribution in [2.75, 3.05) is 47.9 Å². The number of hydrogen-bond donors (Lipinski definition) is 2. The van der Waals surface area contributed by atoms with Crippen molar-refractivity contribution in [1.29, 1.82) is 0 Å². The third-order valence-electron chi connectivity index (χ3n) is 11.9. The van der Waals surface area contributed by atoms with Gasteiger partial charge in [0.15, 0.2) is 0 Å². The van der Waals surface area contributed by atoms with E-state index in [9.17, 15) is 38.7 Å². The van der Waals surface area contributed by atoms with Crippen molar-refractivity contribution in [3.63, 3.8) is 0 Å². The third kappa shape index (κ3) is 10.8. The van der Waals surface area contributed by atoms with Crippen LogP contribution in [0.4, 0.5) is 4.79 Å². The van der Waals surface area contributed by atoms with Crippen LogP contribution in [0.3, 0.4) is 0 Å². The maximum absolute atomic E-state index is 14.1. The highest BCUT2D eigenvalue weighted by Gasteiger charge is 2.41. The van der Waals surface area contributed by atoms with Gasteiger partial charge in [-0.1, -0.05) is 76.2 Å². The smallest absolute Gasteiger partial charge is 0.410 e. The van der Waals surface area contributed by atoms with Crippen LogP contribution < -0.4 is 5.32 Å². The minimum atomic E-state index is -1.26. The van der Waals surface area contributed by atoms with Gasteiger partial charge in [0.2, 0.25) is 29.5 Å². The van der Waals surface area contributed by atoms with Gasteiger partial charge in [0.1, 0.15) is 36.8 Å². The highest BCUT2D eigenvalue weighted by atomic mass is 16.6. The Bertz CT molecular complexity index is 1850. The summed E-state index contributed by atoms with van der Waals surface area (Å²) in [6.45, 7) is 11.4. The van der Waals surface area contributed by atoms with Crippen LogP contribution in [-0.4, -0.2) is 149 Å². The van der Waals surface area contributed by atoms with E-state index in [-0.39, 0.29) is 24.9 Å². The monoisotopic (exact) mass is 832 g/mol. The predicted octanol–water partition coefficient (Wildman–Crippen LogP) is 4.43. The first kappa shape index (κ1) is 47.2. The van der Waals surface area contributed by atoms with E-state index in [0.29, 0.717) is 13.1 Å². The van der Waals surface area contributed by atoms with Crippen molar-refractivity contribution in [2.24, 2.45) is 11.8 Å². The first-order chi connectivity index (χ1) is 28.3. The average molecular weight is 833 g/mol. The summed E-state index contributed by atoms with van der Waals surface area (Å²) in [5.41, 5.74) is 4.30. The Morgan fingerprint density at radius 1 is 0.717 bits per heavy atom. The normalized spacial score (nSPS) is 16.1. The minimum Gasteiger partial charge on any atom is -0.481 e. The zero-order valence-electron chi connectivity index (χ0n) is 36.8. The van der Waals surface area contributed by atoms with Crippen LogP contribution in [0.2, 0.25) is 0 Å². The number of nitrogens with zero attached hydrogens (tertiary/aromatic N) is 5. The number of piperidine rings is 1. The Labute approximate surface area is 354 Å². The number of fused-ring (bicyclic) bond motifs is 3. The number of benzene rings is 2. The predicted molar refractivity (Wildman–Crippen MR) is 227 cm³/mol. The van der Waals surface area contributed by atoms with E-state index < -0.39 is 84.1 Å². The Balaban J connectivity index is 1.42. The number of likely N-dealkylation sites (tertiary alicyclic amines) is 1. The Hall–Kier alpha value is -5.47. The molecule has 1 saturated heterocycles. The maximum atomic E-state index is 14.1. The molecule has 0 spiro atoms. The van der Waals surface area contributed by atoms with Crippen molar-refractivity contribution < 1.29 is 43.4 Å². The molecule has 2 aromatic carbocycles. The van der Waals surface area contributed by atoms with Crippen LogP contribution in [0, 0.1) is 11.8 Å². The number of aliphatic carboxylic acids is 1. The average Bonchev–Trinajstić information content (AvgIpc) is 3.55. The number of carbonyl (C=O) groups excluding carboxylic acids is 6. The first-order valence-corrected chi connectivity index (χ1v) is 21.0. The minimum absolute atomic E-state index is 0.0373. The SMILES string of the molecule is CC(C)C[C@@H](C(=O)N[C@@H](C)C(=O)N(C)[C@H](C(=O)N(C)[C@@H](CC(=O)O)C(=O)N1CCCCC1)C(C)C)N(C)C(=O)[C@H](C)N(C)C(=O)OCC1c2ccccc2-c2ccccc21.